The lowest BCUT2D eigenvalue weighted by atomic mass is 9.87. The average molecular weight is 510 g/mol. The van der Waals surface area contributed by atoms with Crippen LogP contribution in [-0.4, -0.2) is 29.5 Å². The van der Waals surface area contributed by atoms with Gasteiger partial charge in [0.1, 0.15) is 5.57 Å². The number of thiocarbonyl (C=S) groups is 1. The van der Waals surface area contributed by atoms with Gasteiger partial charge >= 0.3 is 0 Å². The molecular formula is C25H24BrN3O2S. The van der Waals surface area contributed by atoms with Crippen molar-refractivity contribution in [1.29, 1.82) is 0 Å². The fourth-order valence-corrected chi connectivity index (χ4v) is 4.80. The van der Waals surface area contributed by atoms with Crippen molar-refractivity contribution in [3.63, 3.8) is 0 Å². The van der Waals surface area contributed by atoms with Crippen molar-refractivity contribution in [2.24, 2.45) is 0 Å². The highest BCUT2D eigenvalue weighted by Crippen LogP contribution is 2.39. The number of halogens is 1. The molecule has 2 heterocycles. The van der Waals surface area contributed by atoms with E-state index in [9.17, 15) is 9.59 Å². The number of allylic oxidation sites excluding steroid dienone is 1. The summed E-state index contributed by atoms with van der Waals surface area (Å²) in [5, 5.41) is 2.72. The van der Waals surface area contributed by atoms with E-state index in [4.69, 9.17) is 12.2 Å². The summed E-state index contributed by atoms with van der Waals surface area (Å²) >= 11 is 8.72. The number of benzene rings is 2. The van der Waals surface area contributed by atoms with Gasteiger partial charge in [0.25, 0.3) is 11.8 Å². The van der Waals surface area contributed by atoms with Crippen molar-refractivity contribution in [1.82, 2.24) is 5.32 Å². The summed E-state index contributed by atoms with van der Waals surface area (Å²) in [6, 6.07) is 11.4. The molecule has 1 fully saturated rings. The Morgan fingerprint density at radius 1 is 1.12 bits per heavy atom. The van der Waals surface area contributed by atoms with Gasteiger partial charge in [-0.25, -0.2) is 0 Å². The van der Waals surface area contributed by atoms with Crippen LogP contribution in [0.5, 0.6) is 0 Å². The van der Waals surface area contributed by atoms with Crippen LogP contribution in [0.2, 0.25) is 0 Å². The van der Waals surface area contributed by atoms with E-state index < -0.39 is 11.8 Å². The molecular weight excluding hydrogens is 486 g/mol. The minimum Gasteiger partial charge on any atom is -0.365 e. The highest BCUT2D eigenvalue weighted by atomic mass is 79.9. The number of carbonyl (C=O) groups excluding carboxylic acids is 2. The number of amides is 2. The van der Waals surface area contributed by atoms with Gasteiger partial charge in [-0.05, 0) is 93.0 Å². The quantitative estimate of drug-likeness (QED) is 0.342. The number of anilines is 2. The van der Waals surface area contributed by atoms with E-state index in [1.165, 1.54) is 10.5 Å². The van der Waals surface area contributed by atoms with Gasteiger partial charge in [-0.2, -0.15) is 0 Å². The summed E-state index contributed by atoms with van der Waals surface area (Å²) < 4.78 is 0.813. The zero-order chi connectivity index (χ0) is 23.4. The van der Waals surface area contributed by atoms with Crippen LogP contribution in [0.3, 0.4) is 0 Å². The van der Waals surface area contributed by atoms with Crippen LogP contribution in [0.25, 0.3) is 11.6 Å². The molecule has 7 heteroatoms. The Bertz CT molecular complexity index is 1250. The Morgan fingerprint density at radius 2 is 1.84 bits per heavy atom. The molecule has 2 amide bonds. The van der Waals surface area contributed by atoms with Gasteiger partial charge in [-0.3, -0.25) is 19.8 Å². The SMILES string of the molecule is CC1=CC(C)(C)N(C)c2cc(C)c(/C=C3/C(=O)NC(=S)N(c4cccc(Br)c4)C3=O)cc21. The van der Waals surface area contributed by atoms with Crippen LogP contribution < -0.4 is 15.1 Å². The number of aryl methyl sites for hydroxylation is 1. The Kier molecular flexibility index (Phi) is 5.59. The molecule has 164 valence electrons. The van der Waals surface area contributed by atoms with Crippen molar-refractivity contribution in [2.75, 3.05) is 16.8 Å². The predicted octanol–water partition coefficient (Wildman–Crippen LogP) is 5.22. The summed E-state index contributed by atoms with van der Waals surface area (Å²) in [7, 11) is 2.08. The fraction of sp³-hybridized carbons (Fsp3) is 0.240. The van der Waals surface area contributed by atoms with Gasteiger partial charge in [-0.15, -0.1) is 0 Å². The molecule has 1 saturated heterocycles. The van der Waals surface area contributed by atoms with Gasteiger partial charge < -0.3 is 4.90 Å². The fourth-order valence-electron chi connectivity index (χ4n) is 4.14. The molecule has 0 saturated carbocycles. The van der Waals surface area contributed by atoms with Gasteiger partial charge in [-0.1, -0.05) is 28.1 Å². The third-order valence-corrected chi connectivity index (χ3v) is 6.85. The number of hydrogen-bond donors (Lipinski definition) is 1. The van der Waals surface area contributed by atoms with Gasteiger partial charge in [0.05, 0.1) is 11.2 Å². The monoisotopic (exact) mass is 509 g/mol. The van der Waals surface area contributed by atoms with Crippen molar-refractivity contribution in [3.8, 4) is 0 Å². The maximum absolute atomic E-state index is 13.3. The van der Waals surface area contributed by atoms with Crippen LogP contribution in [0, 0.1) is 6.92 Å². The van der Waals surface area contributed by atoms with Crippen molar-refractivity contribution < 1.29 is 9.59 Å². The normalized spacial score (nSPS) is 19.1. The number of hydrogen-bond acceptors (Lipinski definition) is 4. The molecule has 0 aliphatic carbocycles. The number of fused-ring (bicyclic) bond motifs is 1. The Labute approximate surface area is 201 Å². The maximum atomic E-state index is 13.3. The molecule has 2 aromatic rings. The molecule has 0 atom stereocenters. The van der Waals surface area contributed by atoms with Crippen molar-refractivity contribution in [2.45, 2.75) is 33.2 Å². The minimum absolute atomic E-state index is 0.0488. The second kappa shape index (κ2) is 7.98. The van der Waals surface area contributed by atoms with E-state index in [1.807, 2.05) is 25.1 Å². The molecule has 4 rings (SSSR count). The zero-order valence-corrected chi connectivity index (χ0v) is 21.0. The van der Waals surface area contributed by atoms with E-state index in [0.717, 1.165) is 26.9 Å². The topological polar surface area (TPSA) is 52.7 Å². The Morgan fingerprint density at radius 3 is 2.53 bits per heavy atom. The van der Waals surface area contributed by atoms with Gasteiger partial charge in [0.2, 0.25) is 0 Å². The zero-order valence-electron chi connectivity index (χ0n) is 18.6. The first-order valence-electron chi connectivity index (χ1n) is 10.2. The minimum atomic E-state index is -0.492. The number of nitrogens with one attached hydrogen (secondary N) is 1. The number of rotatable bonds is 2. The molecule has 0 unspecified atom stereocenters. The van der Waals surface area contributed by atoms with Crippen LogP contribution in [0.4, 0.5) is 11.4 Å². The van der Waals surface area contributed by atoms with E-state index in [2.05, 4.69) is 66.1 Å². The number of likely N-dealkylation sites (N-methyl/N-ethyl adjacent to an activating group) is 1. The molecule has 0 radical (unpaired) electrons. The van der Waals surface area contributed by atoms with E-state index in [1.54, 1.807) is 18.2 Å². The lowest BCUT2D eigenvalue weighted by Crippen LogP contribution is -2.54. The first kappa shape index (κ1) is 22.4. The van der Waals surface area contributed by atoms with Crippen LogP contribution in [0.15, 0.2) is 52.5 Å². The second-order valence-corrected chi connectivity index (χ2v) is 10.0. The standard InChI is InChI=1S/C25H24BrN3O2S/c1-14-9-21-19(15(2)13-25(3,4)28(21)5)10-16(14)11-20-22(30)27-24(32)29(23(20)31)18-8-6-7-17(26)12-18/h6-13H,1-5H3,(H,27,30,32)/b20-11-. The lowest BCUT2D eigenvalue weighted by Gasteiger charge is -2.41. The second-order valence-electron chi connectivity index (χ2n) is 8.70. The first-order chi connectivity index (χ1) is 15.0. The summed E-state index contributed by atoms with van der Waals surface area (Å²) in [5.41, 5.74) is 5.74. The molecule has 1 N–H and O–H groups in total. The molecule has 5 nitrogen and oxygen atoms in total. The van der Waals surface area contributed by atoms with Crippen LogP contribution >= 0.6 is 28.1 Å². The summed E-state index contributed by atoms with van der Waals surface area (Å²) in [4.78, 5) is 29.7. The third kappa shape index (κ3) is 3.80. The van der Waals surface area contributed by atoms with Crippen LogP contribution in [-0.2, 0) is 9.59 Å². The van der Waals surface area contributed by atoms with Crippen molar-refractivity contribution >= 4 is 68.1 Å². The Balaban J connectivity index is 1.80. The number of nitrogens with zero attached hydrogens (tertiary/aromatic N) is 2. The molecule has 32 heavy (non-hydrogen) atoms. The summed E-state index contributed by atoms with van der Waals surface area (Å²) in [5.74, 6) is -0.937. The maximum Gasteiger partial charge on any atom is 0.270 e. The molecule has 0 bridgehead atoms. The number of carbonyl (C=O) groups is 2. The average Bonchev–Trinajstić information content (AvgIpc) is 2.69. The molecule has 2 aliphatic rings. The van der Waals surface area contributed by atoms with Gasteiger partial charge in [0, 0.05) is 22.8 Å². The predicted molar refractivity (Wildman–Crippen MR) is 138 cm³/mol. The van der Waals surface area contributed by atoms with E-state index in [0.29, 0.717) is 5.69 Å². The first-order valence-corrected chi connectivity index (χ1v) is 11.4. The highest BCUT2D eigenvalue weighted by molar-refractivity contribution is 9.10. The van der Waals surface area contributed by atoms with E-state index >= 15 is 0 Å². The lowest BCUT2D eigenvalue weighted by molar-refractivity contribution is -0.122. The van der Waals surface area contributed by atoms with E-state index in [-0.39, 0.29) is 16.2 Å². The molecule has 0 spiro atoms. The Hall–Kier alpha value is -2.77. The molecule has 0 aromatic heterocycles. The molecule has 2 aromatic carbocycles. The van der Waals surface area contributed by atoms with Crippen molar-refractivity contribution in [3.05, 3.63) is 69.2 Å². The molecule has 2 aliphatic heterocycles. The highest BCUT2D eigenvalue weighted by Gasteiger charge is 2.35. The smallest absolute Gasteiger partial charge is 0.270 e. The summed E-state index contributed by atoms with van der Waals surface area (Å²) in [6.45, 7) is 8.43. The third-order valence-electron chi connectivity index (χ3n) is 6.07. The summed E-state index contributed by atoms with van der Waals surface area (Å²) in [6.07, 6.45) is 3.89. The largest absolute Gasteiger partial charge is 0.365 e. The van der Waals surface area contributed by atoms with Crippen LogP contribution in [0.1, 0.15) is 37.5 Å². The van der Waals surface area contributed by atoms with Gasteiger partial charge in [0.15, 0.2) is 5.11 Å².